The van der Waals surface area contributed by atoms with Crippen LogP contribution in [0.5, 0.6) is 11.5 Å². The van der Waals surface area contributed by atoms with E-state index in [0.717, 1.165) is 0 Å². The third-order valence-electron chi connectivity index (χ3n) is 3.98. The van der Waals surface area contributed by atoms with E-state index < -0.39 is 5.91 Å². The first kappa shape index (κ1) is 17.9. The van der Waals surface area contributed by atoms with Crippen LogP contribution in [0.1, 0.15) is 10.5 Å². The summed E-state index contributed by atoms with van der Waals surface area (Å²) < 4.78 is 29.7. The van der Waals surface area contributed by atoms with Gasteiger partial charge in [-0.3, -0.25) is 10.1 Å². The molecule has 9 heteroatoms. The van der Waals surface area contributed by atoms with Crippen LogP contribution in [0.4, 0.5) is 9.52 Å². The maximum atomic E-state index is 13.3. The number of halogens is 1. The van der Waals surface area contributed by atoms with Gasteiger partial charge in [0.1, 0.15) is 5.82 Å². The third-order valence-corrected chi connectivity index (χ3v) is 4.92. The number of thiazole rings is 1. The number of carbonyl (C=O) groups is 1. The maximum Gasteiger partial charge on any atom is 0.279 e. The largest absolute Gasteiger partial charge is 0.493 e. The number of nitrogens with one attached hydrogen (secondary N) is 1. The minimum Gasteiger partial charge on any atom is -0.493 e. The number of fused-ring (bicyclic) bond motifs is 1. The lowest BCUT2D eigenvalue weighted by Crippen LogP contribution is -2.11. The van der Waals surface area contributed by atoms with Crippen LogP contribution in [0.2, 0.25) is 0 Å². The molecule has 1 N–H and O–H groups in total. The van der Waals surface area contributed by atoms with Crippen molar-refractivity contribution in [3.63, 3.8) is 0 Å². The van der Waals surface area contributed by atoms with Crippen molar-refractivity contribution in [2.24, 2.45) is 0 Å². The van der Waals surface area contributed by atoms with Crippen molar-refractivity contribution in [2.45, 2.75) is 0 Å². The zero-order valence-electron chi connectivity index (χ0n) is 14.9. The van der Waals surface area contributed by atoms with Gasteiger partial charge in [-0.2, -0.15) is 0 Å². The van der Waals surface area contributed by atoms with Crippen LogP contribution in [-0.4, -0.2) is 30.3 Å². The molecule has 0 saturated heterocycles. The lowest BCUT2D eigenvalue weighted by atomic mass is 10.1. The Morgan fingerprint density at radius 2 is 1.93 bits per heavy atom. The highest BCUT2D eigenvalue weighted by Gasteiger charge is 2.17. The van der Waals surface area contributed by atoms with Gasteiger partial charge in [0, 0.05) is 11.6 Å². The second-order valence-corrected chi connectivity index (χ2v) is 6.76. The lowest BCUT2D eigenvalue weighted by Gasteiger charge is -2.07. The van der Waals surface area contributed by atoms with Gasteiger partial charge in [-0.1, -0.05) is 16.5 Å². The molecule has 28 heavy (non-hydrogen) atoms. The summed E-state index contributed by atoms with van der Waals surface area (Å²) in [6.07, 6.45) is 0. The van der Waals surface area contributed by atoms with Gasteiger partial charge in [0.25, 0.3) is 5.91 Å². The fourth-order valence-corrected chi connectivity index (χ4v) is 3.51. The van der Waals surface area contributed by atoms with Gasteiger partial charge in [-0.15, -0.1) is 0 Å². The van der Waals surface area contributed by atoms with Crippen molar-refractivity contribution in [3.05, 3.63) is 54.0 Å². The SMILES string of the molecule is COc1ccc(-c2cc(C(=O)Nc3nc4ccc(F)cc4s3)no2)cc1OC. The monoisotopic (exact) mass is 399 g/mol. The summed E-state index contributed by atoms with van der Waals surface area (Å²) >= 11 is 1.17. The van der Waals surface area contributed by atoms with Crippen LogP contribution < -0.4 is 14.8 Å². The van der Waals surface area contributed by atoms with Gasteiger partial charge < -0.3 is 14.0 Å². The van der Waals surface area contributed by atoms with Crippen molar-refractivity contribution in [1.29, 1.82) is 0 Å². The average Bonchev–Trinajstić information content (AvgIpc) is 3.34. The molecule has 0 bridgehead atoms. The normalized spacial score (nSPS) is 10.8. The Labute approximate surface area is 162 Å². The summed E-state index contributed by atoms with van der Waals surface area (Å²) in [5.41, 5.74) is 1.38. The summed E-state index contributed by atoms with van der Waals surface area (Å²) in [6.45, 7) is 0. The van der Waals surface area contributed by atoms with E-state index in [1.807, 2.05) is 0 Å². The summed E-state index contributed by atoms with van der Waals surface area (Å²) in [5.74, 6) is 0.678. The number of aromatic nitrogens is 2. The smallest absolute Gasteiger partial charge is 0.279 e. The summed E-state index contributed by atoms with van der Waals surface area (Å²) in [6, 6.07) is 11.0. The molecule has 1 amide bonds. The van der Waals surface area contributed by atoms with Crippen molar-refractivity contribution in [2.75, 3.05) is 19.5 Å². The second-order valence-electron chi connectivity index (χ2n) is 5.73. The number of methoxy groups -OCH3 is 2. The van der Waals surface area contributed by atoms with E-state index in [2.05, 4.69) is 15.5 Å². The van der Waals surface area contributed by atoms with Crippen LogP contribution in [0.15, 0.2) is 47.0 Å². The van der Waals surface area contributed by atoms with E-state index in [9.17, 15) is 9.18 Å². The van der Waals surface area contributed by atoms with Gasteiger partial charge in [-0.25, -0.2) is 9.37 Å². The number of ether oxygens (including phenoxy) is 2. The highest BCUT2D eigenvalue weighted by Crippen LogP contribution is 2.33. The van der Waals surface area contributed by atoms with Crippen molar-refractivity contribution in [3.8, 4) is 22.8 Å². The molecule has 0 aliphatic rings. The maximum absolute atomic E-state index is 13.3. The zero-order chi connectivity index (χ0) is 19.7. The first-order chi connectivity index (χ1) is 13.6. The number of carbonyl (C=O) groups excluding carboxylic acids is 1. The van der Waals surface area contributed by atoms with E-state index in [1.54, 1.807) is 31.4 Å². The topological polar surface area (TPSA) is 86.5 Å². The first-order valence-electron chi connectivity index (χ1n) is 8.14. The molecule has 0 radical (unpaired) electrons. The van der Waals surface area contributed by atoms with Gasteiger partial charge in [0.05, 0.1) is 24.4 Å². The molecule has 2 heterocycles. The quantitative estimate of drug-likeness (QED) is 0.537. The van der Waals surface area contributed by atoms with Crippen LogP contribution in [-0.2, 0) is 0 Å². The molecular weight excluding hydrogens is 385 g/mol. The molecular formula is C19H14FN3O4S. The van der Waals surface area contributed by atoms with E-state index in [-0.39, 0.29) is 11.5 Å². The van der Waals surface area contributed by atoms with Crippen LogP contribution in [0.3, 0.4) is 0 Å². The van der Waals surface area contributed by atoms with Crippen molar-refractivity contribution in [1.82, 2.24) is 10.1 Å². The fourth-order valence-electron chi connectivity index (χ4n) is 2.62. The Kier molecular flexibility index (Phi) is 4.66. The average molecular weight is 399 g/mol. The molecule has 2 aromatic carbocycles. The highest BCUT2D eigenvalue weighted by atomic mass is 32.1. The molecule has 4 aromatic rings. The number of amides is 1. The predicted molar refractivity (Wildman–Crippen MR) is 103 cm³/mol. The minimum atomic E-state index is -0.477. The molecule has 0 spiro atoms. The van der Waals surface area contributed by atoms with Crippen LogP contribution >= 0.6 is 11.3 Å². The zero-order valence-corrected chi connectivity index (χ0v) is 15.7. The molecule has 0 fully saturated rings. The van der Waals surface area contributed by atoms with Gasteiger partial charge in [-0.05, 0) is 36.4 Å². The number of benzene rings is 2. The number of nitrogens with zero attached hydrogens (tertiary/aromatic N) is 2. The van der Waals surface area contributed by atoms with Gasteiger partial charge >= 0.3 is 0 Å². The second kappa shape index (κ2) is 7.28. The molecule has 0 atom stereocenters. The van der Waals surface area contributed by atoms with E-state index in [0.29, 0.717) is 38.2 Å². The lowest BCUT2D eigenvalue weighted by molar-refractivity contribution is 0.101. The van der Waals surface area contributed by atoms with Gasteiger partial charge in [0.2, 0.25) is 0 Å². The number of anilines is 1. The summed E-state index contributed by atoms with van der Waals surface area (Å²) in [5, 5.41) is 6.81. The Balaban J connectivity index is 1.55. The number of rotatable bonds is 5. The third kappa shape index (κ3) is 3.39. The molecule has 2 aromatic heterocycles. The van der Waals surface area contributed by atoms with Gasteiger partial charge in [0.15, 0.2) is 28.1 Å². The van der Waals surface area contributed by atoms with E-state index in [1.165, 1.54) is 36.6 Å². The molecule has 0 aliphatic heterocycles. The Hall–Kier alpha value is -3.46. The molecule has 0 aliphatic carbocycles. The van der Waals surface area contributed by atoms with E-state index in [4.69, 9.17) is 14.0 Å². The molecule has 4 rings (SSSR count). The number of hydrogen-bond donors (Lipinski definition) is 1. The minimum absolute atomic E-state index is 0.0928. The predicted octanol–water partition coefficient (Wildman–Crippen LogP) is 4.36. The molecule has 142 valence electrons. The Morgan fingerprint density at radius 1 is 1.11 bits per heavy atom. The fraction of sp³-hybridized carbons (Fsp3) is 0.105. The Morgan fingerprint density at radius 3 is 2.71 bits per heavy atom. The van der Waals surface area contributed by atoms with E-state index >= 15 is 0 Å². The molecule has 7 nitrogen and oxygen atoms in total. The molecule has 0 saturated carbocycles. The van der Waals surface area contributed by atoms with Crippen molar-refractivity contribution < 1.29 is 23.2 Å². The summed E-state index contributed by atoms with van der Waals surface area (Å²) in [4.78, 5) is 16.7. The first-order valence-corrected chi connectivity index (χ1v) is 8.95. The van der Waals surface area contributed by atoms with Crippen LogP contribution in [0.25, 0.3) is 21.5 Å². The molecule has 0 unspecified atom stereocenters. The number of hydrogen-bond acceptors (Lipinski definition) is 7. The van der Waals surface area contributed by atoms with Crippen LogP contribution in [0, 0.1) is 5.82 Å². The standard InChI is InChI=1S/C19H14FN3O4S/c1-25-14-6-3-10(7-16(14)26-2)15-9-13(23-27-15)18(24)22-19-21-12-5-4-11(20)8-17(12)28-19/h3-9H,1-2H3,(H,21,22,24). The Bertz CT molecular complexity index is 1170. The van der Waals surface area contributed by atoms with Crippen molar-refractivity contribution >= 4 is 32.6 Å². The summed E-state index contributed by atoms with van der Waals surface area (Å²) in [7, 11) is 3.08. The highest BCUT2D eigenvalue weighted by molar-refractivity contribution is 7.22.